The second-order valence-electron chi connectivity index (χ2n) is 5.31. The first kappa shape index (κ1) is 17.8. The van der Waals surface area contributed by atoms with E-state index in [2.05, 4.69) is 6.92 Å². The number of halogens is 2. The number of amides is 1. The van der Waals surface area contributed by atoms with Crippen LogP contribution >= 0.6 is 35.3 Å². The third-order valence-electron chi connectivity index (χ3n) is 3.78. The molecule has 114 valence electrons. The van der Waals surface area contributed by atoms with Crippen molar-refractivity contribution in [3.63, 3.8) is 0 Å². The molecule has 2 atom stereocenters. The maximum absolute atomic E-state index is 12.3. The number of hydrogen-bond acceptors (Lipinski definition) is 3. The van der Waals surface area contributed by atoms with Gasteiger partial charge in [-0.05, 0) is 37.3 Å². The Kier molecular flexibility index (Phi) is 7.30. The third kappa shape index (κ3) is 4.62. The first-order valence-corrected chi connectivity index (χ1v) is 8.03. The Morgan fingerprint density at radius 1 is 1.55 bits per heavy atom. The topological polar surface area (TPSA) is 46.3 Å². The lowest BCUT2D eigenvalue weighted by molar-refractivity contribution is -0.135. The molecule has 1 aliphatic heterocycles. The molecule has 1 fully saturated rings. The van der Waals surface area contributed by atoms with Gasteiger partial charge in [-0.2, -0.15) is 0 Å². The number of hydrogen-bond donors (Lipinski definition) is 1. The van der Waals surface area contributed by atoms with Gasteiger partial charge in [-0.3, -0.25) is 4.79 Å². The van der Waals surface area contributed by atoms with Crippen LogP contribution in [0.3, 0.4) is 0 Å². The number of piperidine rings is 1. The number of aryl methyl sites for hydroxylation is 1. The largest absolute Gasteiger partial charge is 0.338 e. The van der Waals surface area contributed by atoms with Crippen LogP contribution in [0.5, 0.6) is 0 Å². The van der Waals surface area contributed by atoms with Gasteiger partial charge in [0.2, 0.25) is 5.91 Å². The molecular weight excluding hydrogens is 315 g/mol. The van der Waals surface area contributed by atoms with Gasteiger partial charge in [-0.25, -0.2) is 0 Å². The Morgan fingerprint density at radius 2 is 2.30 bits per heavy atom. The summed E-state index contributed by atoms with van der Waals surface area (Å²) >= 11 is 7.45. The van der Waals surface area contributed by atoms with Gasteiger partial charge in [-0.1, -0.05) is 18.5 Å². The standard InChI is InChI=1S/C14H21ClN2OS.ClH/c1-10-6-7-17(11(8-10)9-16)14(18)5-3-12-2-4-13(15)19-12;/h2,4,10-11H,3,5-9,16H2,1H3;1H. The van der Waals surface area contributed by atoms with Crippen molar-refractivity contribution in [2.75, 3.05) is 13.1 Å². The smallest absolute Gasteiger partial charge is 0.223 e. The van der Waals surface area contributed by atoms with Gasteiger partial charge in [0.05, 0.1) is 4.34 Å². The van der Waals surface area contributed by atoms with E-state index in [1.807, 2.05) is 17.0 Å². The van der Waals surface area contributed by atoms with Gasteiger partial charge < -0.3 is 10.6 Å². The second-order valence-corrected chi connectivity index (χ2v) is 7.11. The molecular formula is C14H22Cl2N2OS. The van der Waals surface area contributed by atoms with E-state index in [0.717, 1.165) is 30.1 Å². The highest BCUT2D eigenvalue weighted by molar-refractivity contribution is 7.16. The van der Waals surface area contributed by atoms with Crippen molar-refractivity contribution in [1.82, 2.24) is 4.90 Å². The van der Waals surface area contributed by atoms with Crippen LogP contribution < -0.4 is 5.73 Å². The molecule has 0 bridgehead atoms. The lowest BCUT2D eigenvalue weighted by atomic mass is 9.92. The predicted octanol–water partition coefficient (Wildman–Crippen LogP) is 3.34. The summed E-state index contributed by atoms with van der Waals surface area (Å²) in [6.07, 6.45) is 3.46. The van der Waals surface area contributed by atoms with Gasteiger partial charge in [0.1, 0.15) is 0 Å². The minimum atomic E-state index is 0. The van der Waals surface area contributed by atoms with Crippen molar-refractivity contribution in [3.05, 3.63) is 21.3 Å². The van der Waals surface area contributed by atoms with E-state index in [1.54, 1.807) is 11.3 Å². The Bertz CT molecular complexity index is 439. The van der Waals surface area contributed by atoms with Crippen molar-refractivity contribution in [2.45, 2.75) is 38.6 Å². The fraction of sp³-hybridized carbons (Fsp3) is 0.643. The zero-order valence-electron chi connectivity index (χ0n) is 11.7. The number of carbonyl (C=O) groups is 1. The van der Waals surface area contributed by atoms with Crippen LogP contribution in [0.1, 0.15) is 31.1 Å². The highest BCUT2D eigenvalue weighted by Gasteiger charge is 2.28. The molecule has 1 aromatic rings. The van der Waals surface area contributed by atoms with Crippen LogP contribution in [-0.2, 0) is 11.2 Å². The summed E-state index contributed by atoms with van der Waals surface area (Å²) in [6, 6.07) is 4.11. The maximum Gasteiger partial charge on any atom is 0.223 e. The molecule has 3 nitrogen and oxygen atoms in total. The van der Waals surface area contributed by atoms with E-state index in [9.17, 15) is 4.79 Å². The van der Waals surface area contributed by atoms with Crippen LogP contribution in [0, 0.1) is 5.92 Å². The Labute approximate surface area is 135 Å². The van der Waals surface area contributed by atoms with Crippen LogP contribution in [0.4, 0.5) is 0 Å². The minimum absolute atomic E-state index is 0. The van der Waals surface area contributed by atoms with E-state index in [-0.39, 0.29) is 24.4 Å². The second kappa shape index (κ2) is 8.23. The normalized spacial score (nSPS) is 22.4. The molecule has 0 radical (unpaired) electrons. The average molecular weight is 337 g/mol. The summed E-state index contributed by atoms with van der Waals surface area (Å²) in [6.45, 7) is 3.66. The van der Waals surface area contributed by atoms with Crippen molar-refractivity contribution < 1.29 is 4.79 Å². The molecule has 20 heavy (non-hydrogen) atoms. The number of nitrogens with two attached hydrogens (primary N) is 1. The van der Waals surface area contributed by atoms with Gasteiger partial charge in [0.25, 0.3) is 0 Å². The first-order chi connectivity index (χ1) is 9.10. The third-order valence-corrected chi connectivity index (χ3v) is 5.08. The van der Waals surface area contributed by atoms with Crippen molar-refractivity contribution in [2.24, 2.45) is 11.7 Å². The van der Waals surface area contributed by atoms with E-state index in [1.165, 1.54) is 4.88 Å². The zero-order valence-corrected chi connectivity index (χ0v) is 14.1. The quantitative estimate of drug-likeness (QED) is 0.916. The van der Waals surface area contributed by atoms with Crippen LogP contribution in [0.25, 0.3) is 0 Å². The Balaban J connectivity index is 0.00000200. The number of rotatable bonds is 4. The Hall–Kier alpha value is -0.290. The van der Waals surface area contributed by atoms with Crippen molar-refractivity contribution in [1.29, 1.82) is 0 Å². The van der Waals surface area contributed by atoms with Crippen LogP contribution in [0.2, 0.25) is 4.34 Å². The van der Waals surface area contributed by atoms with Gasteiger partial charge >= 0.3 is 0 Å². The summed E-state index contributed by atoms with van der Waals surface area (Å²) in [7, 11) is 0. The highest BCUT2D eigenvalue weighted by Crippen LogP contribution is 2.25. The molecule has 0 aliphatic carbocycles. The average Bonchev–Trinajstić information content (AvgIpc) is 2.81. The number of nitrogens with zero attached hydrogens (tertiary/aromatic N) is 1. The lowest BCUT2D eigenvalue weighted by Gasteiger charge is -2.38. The van der Waals surface area contributed by atoms with Gasteiger partial charge in [0, 0.05) is 30.4 Å². The van der Waals surface area contributed by atoms with E-state index >= 15 is 0 Å². The first-order valence-electron chi connectivity index (χ1n) is 6.84. The molecule has 0 aromatic carbocycles. The SMILES string of the molecule is CC1CCN(C(=O)CCc2ccc(Cl)s2)C(CN)C1.Cl. The van der Waals surface area contributed by atoms with Gasteiger partial charge in [0.15, 0.2) is 0 Å². The molecule has 2 rings (SSSR count). The maximum atomic E-state index is 12.3. The van der Waals surface area contributed by atoms with E-state index < -0.39 is 0 Å². The zero-order chi connectivity index (χ0) is 13.8. The molecule has 2 N–H and O–H groups in total. The van der Waals surface area contributed by atoms with E-state index in [4.69, 9.17) is 17.3 Å². The minimum Gasteiger partial charge on any atom is -0.338 e. The number of likely N-dealkylation sites (tertiary alicyclic amines) is 1. The monoisotopic (exact) mass is 336 g/mol. The summed E-state index contributed by atoms with van der Waals surface area (Å²) in [5.74, 6) is 0.903. The molecule has 1 aromatic heterocycles. The summed E-state index contributed by atoms with van der Waals surface area (Å²) in [5, 5.41) is 0. The molecule has 2 unspecified atom stereocenters. The molecule has 2 heterocycles. The molecule has 0 spiro atoms. The summed E-state index contributed by atoms with van der Waals surface area (Å²) in [5.41, 5.74) is 5.79. The molecule has 0 saturated carbocycles. The Morgan fingerprint density at radius 3 is 2.90 bits per heavy atom. The van der Waals surface area contributed by atoms with Crippen LogP contribution in [0.15, 0.2) is 12.1 Å². The molecule has 6 heteroatoms. The highest BCUT2D eigenvalue weighted by atomic mass is 35.5. The molecule has 1 saturated heterocycles. The fourth-order valence-electron chi connectivity index (χ4n) is 2.66. The van der Waals surface area contributed by atoms with Crippen molar-refractivity contribution in [3.8, 4) is 0 Å². The van der Waals surface area contributed by atoms with Crippen molar-refractivity contribution >= 4 is 41.3 Å². The number of thiophene rings is 1. The number of carbonyl (C=O) groups excluding carboxylic acids is 1. The summed E-state index contributed by atoms with van der Waals surface area (Å²) < 4.78 is 0.786. The van der Waals surface area contributed by atoms with E-state index in [0.29, 0.717) is 18.9 Å². The predicted molar refractivity (Wildman–Crippen MR) is 87.9 cm³/mol. The molecule has 1 amide bonds. The van der Waals surface area contributed by atoms with Gasteiger partial charge in [-0.15, -0.1) is 23.7 Å². The fourth-order valence-corrected chi connectivity index (χ4v) is 3.75. The lowest BCUT2D eigenvalue weighted by Crippen LogP contribution is -2.49. The molecule has 1 aliphatic rings. The van der Waals surface area contributed by atoms with Crippen LogP contribution in [-0.4, -0.2) is 29.9 Å². The summed E-state index contributed by atoms with van der Waals surface area (Å²) in [4.78, 5) is 15.5.